The molecule has 1 fully saturated rings. The molecule has 1 aliphatic heterocycles. The van der Waals surface area contributed by atoms with Gasteiger partial charge < -0.3 is 19.3 Å². The molecule has 9 nitrogen and oxygen atoms in total. The van der Waals surface area contributed by atoms with E-state index in [1.807, 2.05) is 0 Å². The summed E-state index contributed by atoms with van der Waals surface area (Å²) >= 11 is 0. The first-order valence-corrected chi connectivity index (χ1v) is 7.66. The second-order valence-electron chi connectivity index (χ2n) is 4.58. The molecule has 0 radical (unpaired) electrons. The Kier molecular flexibility index (Phi) is 9.61. The third-order valence-corrected chi connectivity index (χ3v) is 3.36. The summed E-state index contributed by atoms with van der Waals surface area (Å²) in [5.41, 5.74) is -0.687. The molecule has 0 aliphatic carbocycles. The molecule has 2 atom stereocenters. The zero-order valence-corrected chi connectivity index (χ0v) is 11.6. The molecule has 0 saturated carbocycles. The fourth-order valence-corrected chi connectivity index (χ4v) is 2.30. The fourth-order valence-electron chi connectivity index (χ4n) is 1.89. The molecule has 12 heteroatoms. The van der Waals surface area contributed by atoms with E-state index in [9.17, 15) is 14.2 Å². The Bertz CT molecular complexity index is 655. The molecule has 2 heterocycles. The molecule has 22 heavy (non-hydrogen) atoms. The van der Waals surface area contributed by atoms with Crippen LogP contribution in [0.25, 0.3) is 0 Å². The first-order valence-electron chi connectivity index (χ1n) is 5.86. The minimum absolute atomic E-state index is 0. The monoisotopic (exact) mass is 354 g/mol. The van der Waals surface area contributed by atoms with Crippen molar-refractivity contribution in [2.24, 2.45) is 0 Å². The van der Waals surface area contributed by atoms with Crippen molar-refractivity contribution in [2.45, 2.75) is 25.7 Å². The second kappa shape index (κ2) is 9.29. The minimum atomic E-state index is -4.23. The number of aromatic amines is 1. The first kappa shape index (κ1) is 22.8. The molecule has 0 spiro atoms. The summed E-state index contributed by atoms with van der Waals surface area (Å²) in [4.78, 5) is 42.5. The summed E-state index contributed by atoms with van der Waals surface area (Å²) in [5.74, 6) is 0. The van der Waals surface area contributed by atoms with Gasteiger partial charge in [0.1, 0.15) is 12.6 Å². The van der Waals surface area contributed by atoms with Crippen LogP contribution in [0.1, 0.15) is 18.2 Å². The number of aryl methyl sites for hydroxylation is 1. The molecule has 0 amide bonds. The predicted octanol–water partition coefficient (Wildman–Crippen LogP) is -2.01. The zero-order valence-electron chi connectivity index (χ0n) is 10.7. The van der Waals surface area contributed by atoms with Gasteiger partial charge in [-0.05, 0) is 6.92 Å². The van der Waals surface area contributed by atoms with Crippen LogP contribution in [0.15, 0.2) is 15.8 Å². The SMILES string of the molecule is Cc1cn(C2CC(OCP(=O)(O)O)CO2)c(=O)[nH]c1=O.[NaH].[NaH]. The van der Waals surface area contributed by atoms with Gasteiger partial charge in [0.25, 0.3) is 5.56 Å². The van der Waals surface area contributed by atoms with E-state index in [-0.39, 0.29) is 72.1 Å². The van der Waals surface area contributed by atoms with E-state index in [0.29, 0.717) is 5.56 Å². The Hall–Kier alpha value is 0.750. The molecule has 0 aromatic carbocycles. The predicted molar refractivity (Wildman–Crippen MR) is 81.7 cm³/mol. The maximum absolute atomic E-state index is 11.7. The summed E-state index contributed by atoms with van der Waals surface area (Å²) < 4.78 is 22.3. The van der Waals surface area contributed by atoms with Gasteiger partial charge in [-0.1, -0.05) is 0 Å². The number of nitrogens with zero attached hydrogens (tertiary/aromatic N) is 1. The average Bonchev–Trinajstić information content (AvgIpc) is 2.79. The van der Waals surface area contributed by atoms with E-state index < -0.39 is 37.5 Å². The van der Waals surface area contributed by atoms with Crippen molar-refractivity contribution in [2.75, 3.05) is 13.0 Å². The molecule has 0 bridgehead atoms. The van der Waals surface area contributed by atoms with Crippen LogP contribution in [0.3, 0.4) is 0 Å². The molecule has 1 aromatic heterocycles. The molecule has 2 unspecified atom stereocenters. The van der Waals surface area contributed by atoms with Crippen molar-refractivity contribution in [3.05, 3.63) is 32.6 Å². The van der Waals surface area contributed by atoms with Crippen LogP contribution in [-0.2, 0) is 14.0 Å². The molecule has 2 rings (SSSR count). The third kappa shape index (κ3) is 6.33. The Morgan fingerprint density at radius 1 is 1.45 bits per heavy atom. The number of rotatable bonds is 4. The van der Waals surface area contributed by atoms with Gasteiger partial charge in [-0.15, -0.1) is 0 Å². The molecule has 3 N–H and O–H groups in total. The summed E-state index contributed by atoms with van der Waals surface area (Å²) in [6, 6.07) is 0. The van der Waals surface area contributed by atoms with Crippen LogP contribution in [0, 0.1) is 6.92 Å². The Balaban J connectivity index is 0.00000220. The molecule has 116 valence electrons. The van der Waals surface area contributed by atoms with Gasteiger partial charge in [0.2, 0.25) is 0 Å². The van der Waals surface area contributed by atoms with E-state index in [2.05, 4.69) is 4.98 Å². The van der Waals surface area contributed by atoms with Crippen LogP contribution >= 0.6 is 7.60 Å². The van der Waals surface area contributed by atoms with E-state index in [0.717, 1.165) is 0 Å². The van der Waals surface area contributed by atoms with Crippen molar-refractivity contribution in [1.82, 2.24) is 9.55 Å². The molecular weight excluding hydrogens is 337 g/mol. The van der Waals surface area contributed by atoms with Crippen LogP contribution in [0.5, 0.6) is 0 Å². The topological polar surface area (TPSA) is 131 Å². The van der Waals surface area contributed by atoms with Crippen molar-refractivity contribution in [3.8, 4) is 0 Å². The molecule has 1 aromatic rings. The van der Waals surface area contributed by atoms with Gasteiger partial charge in [-0.25, -0.2) is 4.79 Å². The molecule has 1 saturated heterocycles. The van der Waals surface area contributed by atoms with Crippen LogP contribution < -0.4 is 11.2 Å². The number of hydrogen-bond acceptors (Lipinski definition) is 5. The number of H-pyrrole nitrogens is 1. The standard InChI is InChI=1S/C10H15N2O7P.2Na.2H/c1-6-3-12(10(14)11-9(6)13)8-2-7(4-18-8)19-5-20(15,16)17;;;;/h3,7-8H,2,4-5H2,1H3,(H,11,13,14)(H2,15,16,17);;;;. The Morgan fingerprint density at radius 2 is 2.09 bits per heavy atom. The Labute approximate surface area is 170 Å². The average molecular weight is 354 g/mol. The van der Waals surface area contributed by atoms with Gasteiger partial charge in [0, 0.05) is 18.2 Å². The van der Waals surface area contributed by atoms with Gasteiger partial charge in [-0.3, -0.25) is 18.9 Å². The third-order valence-electron chi connectivity index (χ3n) is 2.87. The van der Waals surface area contributed by atoms with E-state index in [4.69, 9.17) is 19.3 Å². The number of aromatic nitrogens is 2. The first-order chi connectivity index (χ1) is 9.26. The van der Waals surface area contributed by atoms with E-state index >= 15 is 0 Å². The summed E-state index contributed by atoms with van der Waals surface area (Å²) in [7, 11) is -4.23. The molecular formula is C10H17N2Na2O7P. The van der Waals surface area contributed by atoms with Crippen molar-refractivity contribution >= 4 is 66.7 Å². The molecule has 1 aliphatic rings. The van der Waals surface area contributed by atoms with Crippen LogP contribution in [0.4, 0.5) is 0 Å². The summed E-state index contributed by atoms with van der Waals surface area (Å²) in [6.45, 7) is 1.68. The Morgan fingerprint density at radius 3 is 2.68 bits per heavy atom. The summed E-state index contributed by atoms with van der Waals surface area (Å²) in [6.07, 6.45) is -0.165. The van der Waals surface area contributed by atoms with Crippen molar-refractivity contribution < 1.29 is 23.8 Å². The van der Waals surface area contributed by atoms with Gasteiger partial charge >= 0.3 is 72.4 Å². The van der Waals surface area contributed by atoms with Gasteiger partial charge in [0.05, 0.1) is 12.7 Å². The van der Waals surface area contributed by atoms with Crippen LogP contribution in [0.2, 0.25) is 0 Å². The number of ether oxygens (including phenoxy) is 2. The fraction of sp³-hybridized carbons (Fsp3) is 0.600. The van der Waals surface area contributed by atoms with Crippen LogP contribution in [-0.4, -0.2) is 97.5 Å². The van der Waals surface area contributed by atoms with Crippen molar-refractivity contribution in [3.63, 3.8) is 0 Å². The normalized spacial score (nSPS) is 21.0. The van der Waals surface area contributed by atoms with Crippen molar-refractivity contribution in [1.29, 1.82) is 0 Å². The van der Waals surface area contributed by atoms with E-state index in [1.165, 1.54) is 10.8 Å². The van der Waals surface area contributed by atoms with Gasteiger partial charge in [0.15, 0.2) is 0 Å². The number of hydrogen-bond donors (Lipinski definition) is 3. The van der Waals surface area contributed by atoms with E-state index in [1.54, 1.807) is 6.92 Å². The number of nitrogens with one attached hydrogen (secondary N) is 1. The quantitative estimate of drug-likeness (QED) is 0.420. The summed E-state index contributed by atoms with van der Waals surface area (Å²) in [5, 5.41) is 0. The second-order valence-corrected chi connectivity index (χ2v) is 6.17. The maximum atomic E-state index is 11.7. The van der Waals surface area contributed by atoms with Gasteiger partial charge in [-0.2, -0.15) is 0 Å². The zero-order chi connectivity index (χ0) is 14.9.